The van der Waals surface area contributed by atoms with E-state index in [-0.39, 0.29) is 10.6 Å². The summed E-state index contributed by atoms with van der Waals surface area (Å²) in [6.45, 7) is 6.42. The predicted molar refractivity (Wildman–Crippen MR) is 77.7 cm³/mol. The number of para-hydroxylation sites is 1. The molecular weight excluding hydrogens is 294 g/mol. The number of hydrogen-bond acceptors (Lipinski definition) is 4. The molecule has 0 unspecified atom stereocenters. The van der Waals surface area contributed by atoms with Crippen LogP contribution in [0.3, 0.4) is 0 Å². The maximum absolute atomic E-state index is 12.6. The summed E-state index contributed by atoms with van der Waals surface area (Å²) in [5, 5.41) is 11.0. The smallest absolute Gasteiger partial charge is 0.289 e. The van der Waals surface area contributed by atoms with E-state index in [9.17, 15) is 18.5 Å². The summed E-state index contributed by atoms with van der Waals surface area (Å²) in [6.07, 6.45) is 0. The van der Waals surface area contributed by atoms with E-state index in [1.54, 1.807) is 0 Å². The van der Waals surface area contributed by atoms with Crippen molar-refractivity contribution in [3.05, 3.63) is 34.4 Å². The SMILES string of the molecule is CC(C)[NH+]1CCN(S(=O)(=O)c2ccccc2[N+](=O)[O-])CC1. The number of quaternary nitrogens is 1. The van der Waals surface area contributed by atoms with Crippen LogP contribution in [-0.2, 0) is 10.0 Å². The molecule has 1 aromatic rings. The normalized spacial score (nSPS) is 18.0. The third-order valence-electron chi connectivity index (χ3n) is 3.86. The number of sulfonamides is 1. The summed E-state index contributed by atoms with van der Waals surface area (Å²) in [5.74, 6) is 0. The Balaban J connectivity index is 2.26. The fourth-order valence-electron chi connectivity index (χ4n) is 2.56. The van der Waals surface area contributed by atoms with Crippen LogP contribution in [0.25, 0.3) is 0 Å². The lowest BCUT2D eigenvalue weighted by molar-refractivity contribution is -0.924. The van der Waals surface area contributed by atoms with Crippen LogP contribution in [0, 0.1) is 10.1 Å². The number of nitrogens with zero attached hydrogens (tertiary/aromatic N) is 2. The van der Waals surface area contributed by atoms with Crippen LogP contribution in [-0.4, -0.2) is 49.9 Å². The minimum absolute atomic E-state index is 0.219. The monoisotopic (exact) mass is 314 g/mol. The highest BCUT2D eigenvalue weighted by Gasteiger charge is 2.35. The number of hydrogen-bond donors (Lipinski definition) is 1. The third kappa shape index (κ3) is 3.22. The Kier molecular flexibility index (Phi) is 4.60. The molecule has 7 nitrogen and oxygen atoms in total. The third-order valence-corrected chi connectivity index (χ3v) is 5.81. The quantitative estimate of drug-likeness (QED) is 0.621. The lowest BCUT2D eigenvalue weighted by Gasteiger charge is -2.33. The second-order valence-corrected chi connectivity index (χ2v) is 7.35. The van der Waals surface area contributed by atoms with Crippen molar-refractivity contribution in [2.24, 2.45) is 0 Å². The summed E-state index contributed by atoms with van der Waals surface area (Å²) >= 11 is 0. The molecular formula is C13H20N3O4S+. The van der Waals surface area contributed by atoms with Gasteiger partial charge in [0.15, 0.2) is 4.90 Å². The fraction of sp³-hybridized carbons (Fsp3) is 0.538. The standard InChI is InChI=1S/C13H19N3O4S/c1-11(2)14-7-9-15(10-8-14)21(19,20)13-6-4-3-5-12(13)16(17)18/h3-6,11H,7-10H2,1-2H3/p+1. The number of nitro benzene ring substituents is 1. The molecule has 116 valence electrons. The first-order chi connectivity index (χ1) is 9.84. The zero-order valence-electron chi connectivity index (χ0n) is 12.2. The summed E-state index contributed by atoms with van der Waals surface area (Å²) in [5.41, 5.74) is -0.365. The van der Waals surface area contributed by atoms with Crippen LogP contribution in [0.4, 0.5) is 5.69 Å². The van der Waals surface area contributed by atoms with E-state index in [0.29, 0.717) is 19.1 Å². The van der Waals surface area contributed by atoms with Crippen molar-refractivity contribution in [1.82, 2.24) is 4.31 Å². The van der Waals surface area contributed by atoms with E-state index in [4.69, 9.17) is 0 Å². The Labute approximate surface area is 124 Å². The average Bonchev–Trinajstić information content (AvgIpc) is 2.47. The molecule has 0 aliphatic carbocycles. The molecule has 0 saturated carbocycles. The summed E-state index contributed by atoms with van der Waals surface area (Å²) < 4.78 is 26.6. The van der Waals surface area contributed by atoms with Crippen LogP contribution in [0.1, 0.15) is 13.8 Å². The highest BCUT2D eigenvalue weighted by Crippen LogP contribution is 2.26. The summed E-state index contributed by atoms with van der Waals surface area (Å²) in [6, 6.07) is 5.95. The Morgan fingerprint density at radius 1 is 1.24 bits per heavy atom. The van der Waals surface area contributed by atoms with Gasteiger partial charge < -0.3 is 4.90 Å². The van der Waals surface area contributed by atoms with Crippen LogP contribution in [0.15, 0.2) is 29.2 Å². The van der Waals surface area contributed by atoms with Gasteiger partial charge in [-0.15, -0.1) is 0 Å². The van der Waals surface area contributed by atoms with Crippen molar-refractivity contribution in [2.75, 3.05) is 26.2 Å². The topological polar surface area (TPSA) is 85.0 Å². The van der Waals surface area contributed by atoms with Gasteiger partial charge in [-0.3, -0.25) is 10.1 Å². The predicted octanol–water partition coefficient (Wildman–Crippen LogP) is -0.108. The lowest BCUT2D eigenvalue weighted by Crippen LogP contribution is -3.17. The van der Waals surface area contributed by atoms with Crippen LogP contribution in [0.5, 0.6) is 0 Å². The number of rotatable bonds is 4. The molecule has 1 aromatic carbocycles. The molecule has 1 N–H and O–H groups in total. The van der Waals surface area contributed by atoms with Gasteiger partial charge in [-0.1, -0.05) is 12.1 Å². The van der Waals surface area contributed by atoms with E-state index in [2.05, 4.69) is 13.8 Å². The van der Waals surface area contributed by atoms with Gasteiger partial charge in [-0.25, -0.2) is 8.42 Å². The fourth-order valence-corrected chi connectivity index (χ4v) is 4.16. The maximum atomic E-state index is 12.6. The molecule has 0 aromatic heterocycles. The zero-order valence-corrected chi connectivity index (χ0v) is 13.0. The van der Waals surface area contributed by atoms with Gasteiger partial charge in [0, 0.05) is 6.07 Å². The number of piperazine rings is 1. The second-order valence-electron chi connectivity index (χ2n) is 5.44. The molecule has 1 aliphatic heterocycles. The summed E-state index contributed by atoms with van der Waals surface area (Å²) in [4.78, 5) is 11.5. The average molecular weight is 314 g/mol. The Hall–Kier alpha value is -1.51. The maximum Gasteiger partial charge on any atom is 0.289 e. The molecule has 0 radical (unpaired) electrons. The largest absolute Gasteiger partial charge is 0.331 e. The summed E-state index contributed by atoms with van der Waals surface area (Å²) in [7, 11) is -3.81. The van der Waals surface area contributed by atoms with E-state index in [1.165, 1.54) is 33.5 Å². The first kappa shape index (κ1) is 15.9. The van der Waals surface area contributed by atoms with Gasteiger partial charge in [0.2, 0.25) is 10.0 Å². The number of benzene rings is 1. The highest BCUT2D eigenvalue weighted by atomic mass is 32.2. The Morgan fingerprint density at radius 2 is 1.81 bits per heavy atom. The van der Waals surface area contributed by atoms with Crippen molar-refractivity contribution in [1.29, 1.82) is 0 Å². The molecule has 1 aliphatic rings. The molecule has 21 heavy (non-hydrogen) atoms. The van der Waals surface area contributed by atoms with Crippen molar-refractivity contribution in [2.45, 2.75) is 24.8 Å². The first-order valence-electron chi connectivity index (χ1n) is 6.92. The van der Waals surface area contributed by atoms with Crippen molar-refractivity contribution in [3.63, 3.8) is 0 Å². The van der Waals surface area contributed by atoms with E-state index in [1.807, 2.05) is 0 Å². The van der Waals surface area contributed by atoms with Gasteiger partial charge in [-0.05, 0) is 19.9 Å². The zero-order chi connectivity index (χ0) is 15.6. The first-order valence-corrected chi connectivity index (χ1v) is 8.36. The van der Waals surface area contributed by atoms with Gasteiger partial charge in [0.25, 0.3) is 5.69 Å². The van der Waals surface area contributed by atoms with Crippen molar-refractivity contribution >= 4 is 15.7 Å². The Bertz CT molecular complexity index is 622. The molecule has 1 fully saturated rings. The molecule has 0 amide bonds. The van der Waals surface area contributed by atoms with Crippen LogP contribution in [0.2, 0.25) is 0 Å². The molecule has 0 bridgehead atoms. The number of nitro groups is 1. The second kappa shape index (κ2) is 6.08. The molecule has 1 heterocycles. The molecule has 1 saturated heterocycles. The van der Waals surface area contributed by atoms with Gasteiger partial charge in [0.1, 0.15) is 0 Å². The molecule has 2 rings (SSSR count). The minimum atomic E-state index is -3.81. The lowest BCUT2D eigenvalue weighted by atomic mass is 10.3. The van der Waals surface area contributed by atoms with Gasteiger partial charge >= 0.3 is 0 Å². The molecule has 0 spiro atoms. The van der Waals surface area contributed by atoms with Crippen molar-refractivity contribution < 1.29 is 18.2 Å². The number of nitrogens with one attached hydrogen (secondary N) is 1. The van der Waals surface area contributed by atoms with Crippen LogP contribution >= 0.6 is 0 Å². The minimum Gasteiger partial charge on any atom is -0.331 e. The van der Waals surface area contributed by atoms with E-state index >= 15 is 0 Å². The van der Waals surface area contributed by atoms with E-state index < -0.39 is 14.9 Å². The molecule has 0 atom stereocenters. The Morgan fingerprint density at radius 3 is 2.33 bits per heavy atom. The molecule has 8 heteroatoms. The highest BCUT2D eigenvalue weighted by molar-refractivity contribution is 7.89. The van der Waals surface area contributed by atoms with E-state index in [0.717, 1.165) is 13.1 Å². The van der Waals surface area contributed by atoms with Gasteiger partial charge in [0.05, 0.1) is 37.1 Å². The van der Waals surface area contributed by atoms with Gasteiger partial charge in [-0.2, -0.15) is 4.31 Å². The van der Waals surface area contributed by atoms with Crippen molar-refractivity contribution in [3.8, 4) is 0 Å². The van der Waals surface area contributed by atoms with Crippen LogP contribution < -0.4 is 4.90 Å².